The Kier molecular flexibility index (Phi) is 6.02. The van der Waals surface area contributed by atoms with Crippen molar-refractivity contribution in [2.24, 2.45) is 4.99 Å². The van der Waals surface area contributed by atoms with Gasteiger partial charge in [0.25, 0.3) is 0 Å². The van der Waals surface area contributed by atoms with Crippen molar-refractivity contribution in [2.45, 2.75) is 17.9 Å². The van der Waals surface area contributed by atoms with E-state index in [4.69, 9.17) is 16.3 Å². The number of hydrogen-bond acceptors (Lipinski definition) is 4. The van der Waals surface area contributed by atoms with Crippen LogP contribution < -0.4 is 10.2 Å². The number of amidine groups is 1. The Morgan fingerprint density at radius 1 is 0.970 bits per heavy atom. The molecule has 0 amide bonds. The summed E-state index contributed by atoms with van der Waals surface area (Å²) in [4.78, 5) is 4.30. The molecule has 1 aliphatic rings. The first kappa shape index (κ1) is 23.0. The second kappa shape index (κ2) is 8.64. The molecule has 172 valence electrons. The van der Waals surface area contributed by atoms with Crippen molar-refractivity contribution < 1.29 is 26.7 Å². The van der Waals surface area contributed by atoms with Gasteiger partial charge in [-0.1, -0.05) is 29.8 Å². The van der Waals surface area contributed by atoms with Crippen LogP contribution in [0.1, 0.15) is 22.3 Å². The highest BCUT2D eigenvalue weighted by Gasteiger charge is 2.42. The molecule has 4 nitrogen and oxygen atoms in total. The summed E-state index contributed by atoms with van der Waals surface area (Å²) >= 11 is 6.42. The fourth-order valence-electron chi connectivity index (χ4n) is 3.36. The molecule has 0 fully saturated rings. The Bertz CT molecular complexity index is 1160. The largest absolute Gasteiger partial charge is 0.489 e. The second-order valence-corrected chi connectivity index (χ2v) is 7.88. The summed E-state index contributed by atoms with van der Waals surface area (Å²) in [7, 11) is 1.61. The lowest BCUT2D eigenvalue weighted by molar-refractivity contribution is -0.137. The van der Waals surface area contributed by atoms with Gasteiger partial charge in [0.05, 0.1) is 11.1 Å². The zero-order chi connectivity index (χ0) is 23.8. The molecule has 10 heteroatoms. The molecule has 1 heterocycles. The number of alkyl halides is 4. The molecule has 0 aromatic heterocycles. The van der Waals surface area contributed by atoms with E-state index < -0.39 is 34.1 Å². The maximum atomic E-state index is 14.2. The first-order chi connectivity index (χ1) is 15.6. The molecule has 0 saturated carbocycles. The number of aliphatic imine (C=N–C) groups is 1. The van der Waals surface area contributed by atoms with Crippen LogP contribution in [0.4, 0.5) is 22.0 Å². The normalized spacial score (nSPS) is 18.4. The van der Waals surface area contributed by atoms with Crippen molar-refractivity contribution in [1.29, 1.82) is 0 Å². The summed E-state index contributed by atoms with van der Waals surface area (Å²) < 4.78 is 72.1. The zero-order valence-electron chi connectivity index (χ0n) is 17.1. The van der Waals surface area contributed by atoms with Crippen molar-refractivity contribution in [3.05, 3.63) is 101 Å². The topological polar surface area (TPSA) is 36.9 Å². The third-order valence-electron chi connectivity index (χ3n) is 4.99. The lowest BCUT2D eigenvalue weighted by Gasteiger charge is -2.22. The number of nitrogens with zero attached hydrogens (tertiary/aromatic N) is 2. The molecule has 0 saturated heterocycles. The lowest BCUT2D eigenvalue weighted by Crippen LogP contribution is -2.42. The molecule has 1 unspecified atom stereocenters. The van der Waals surface area contributed by atoms with Gasteiger partial charge < -0.3 is 4.74 Å². The standard InChI is InChI=1S/C23H17ClF5N3O/c1-32-21(30-22(24,31-32)20-18(25)3-2-4-19(20)26)15-7-11-17(12-8-15)33-13-14-5-9-16(10-6-14)23(27,28)29/h2-12,31H,13H2,1H3. The predicted molar refractivity (Wildman–Crippen MR) is 114 cm³/mol. The molecule has 1 aliphatic heterocycles. The molecule has 0 bridgehead atoms. The lowest BCUT2D eigenvalue weighted by atomic mass is 10.1. The van der Waals surface area contributed by atoms with Crippen molar-refractivity contribution in [1.82, 2.24) is 10.4 Å². The van der Waals surface area contributed by atoms with E-state index in [0.717, 1.165) is 24.3 Å². The SMILES string of the molecule is CN1NC(Cl)(c2c(F)cccc2F)N=C1c1ccc(OCc2ccc(C(F)(F)F)cc2)cc1. The average molecular weight is 482 g/mol. The van der Waals surface area contributed by atoms with Crippen LogP contribution in [-0.2, 0) is 17.9 Å². The van der Waals surface area contributed by atoms with Crippen LogP contribution in [0.2, 0.25) is 0 Å². The molecule has 33 heavy (non-hydrogen) atoms. The summed E-state index contributed by atoms with van der Waals surface area (Å²) in [5.74, 6) is -0.835. The van der Waals surface area contributed by atoms with Crippen LogP contribution in [0.3, 0.4) is 0 Å². The fourth-order valence-corrected chi connectivity index (χ4v) is 3.75. The first-order valence-corrected chi connectivity index (χ1v) is 10.1. The smallest absolute Gasteiger partial charge is 0.416 e. The Morgan fingerprint density at radius 2 is 1.58 bits per heavy atom. The minimum absolute atomic E-state index is 0.0806. The molecule has 1 atom stereocenters. The van der Waals surface area contributed by atoms with Gasteiger partial charge in [-0.25, -0.2) is 13.8 Å². The summed E-state index contributed by atoms with van der Waals surface area (Å²) in [6.07, 6.45) is -4.39. The highest BCUT2D eigenvalue weighted by molar-refractivity contribution is 6.25. The van der Waals surface area contributed by atoms with E-state index >= 15 is 0 Å². The van der Waals surface area contributed by atoms with E-state index in [1.807, 2.05) is 0 Å². The molecular weight excluding hydrogens is 465 g/mol. The number of rotatable bonds is 5. The molecule has 3 aromatic carbocycles. The molecule has 0 spiro atoms. The van der Waals surface area contributed by atoms with E-state index in [-0.39, 0.29) is 6.61 Å². The minimum atomic E-state index is -4.39. The number of halogens is 6. The van der Waals surface area contributed by atoms with Crippen LogP contribution in [-0.4, -0.2) is 17.9 Å². The van der Waals surface area contributed by atoms with Gasteiger partial charge in [0, 0.05) is 12.6 Å². The maximum Gasteiger partial charge on any atom is 0.416 e. The minimum Gasteiger partial charge on any atom is -0.489 e. The quantitative estimate of drug-likeness (QED) is 0.284. The van der Waals surface area contributed by atoms with E-state index in [1.165, 1.54) is 23.2 Å². The van der Waals surface area contributed by atoms with Crippen molar-refractivity contribution >= 4 is 17.4 Å². The highest BCUT2D eigenvalue weighted by Crippen LogP contribution is 2.36. The summed E-state index contributed by atoms with van der Waals surface area (Å²) in [6, 6.07) is 14.8. The molecule has 0 radical (unpaired) electrons. The Labute approximate surface area is 191 Å². The fraction of sp³-hybridized carbons (Fsp3) is 0.174. The van der Waals surface area contributed by atoms with E-state index in [0.29, 0.717) is 22.7 Å². The second-order valence-electron chi connectivity index (χ2n) is 7.33. The van der Waals surface area contributed by atoms with Gasteiger partial charge in [-0.2, -0.15) is 18.6 Å². The number of hydrogen-bond donors (Lipinski definition) is 1. The number of hydrazine groups is 1. The molecule has 3 aromatic rings. The van der Waals surface area contributed by atoms with E-state index in [9.17, 15) is 22.0 Å². The Morgan fingerprint density at radius 3 is 2.15 bits per heavy atom. The number of benzene rings is 3. The van der Waals surface area contributed by atoms with Crippen LogP contribution >= 0.6 is 11.6 Å². The van der Waals surface area contributed by atoms with Gasteiger partial charge in [-0.05, 0) is 54.1 Å². The van der Waals surface area contributed by atoms with E-state index in [2.05, 4.69) is 10.4 Å². The van der Waals surface area contributed by atoms with Crippen LogP contribution in [0.5, 0.6) is 5.75 Å². The van der Waals surface area contributed by atoms with Gasteiger partial charge >= 0.3 is 6.18 Å². The third-order valence-corrected chi connectivity index (χ3v) is 5.34. The first-order valence-electron chi connectivity index (χ1n) is 9.71. The molecular formula is C23H17ClF5N3O. The predicted octanol–water partition coefficient (Wildman–Crippen LogP) is 5.81. The van der Waals surface area contributed by atoms with Crippen molar-refractivity contribution in [3.8, 4) is 5.75 Å². The zero-order valence-corrected chi connectivity index (χ0v) is 17.9. The van der Waals surface area contributed by atoms with Crippen molar-refractivity contribution in [3.63, 3.8) is 0 Å². The van der Waals surface area contributed by atoms with Gasteiger partial charge in [-0.15, -0.1) is 0 Å². The third kappa shape index (κ3) is 4.79. The monoisotopic (exact) mass is 481 g/mol. The highest BCUT2D eigenvalue weighted by atomic mass is 35.5. The van der Waals surface area contributed by atoms with Crippen LogP contribution in [0.15, 0.2) is 71.7 Å². The average Bonchev–Trinajstić information content (AvgIpc) is 3.07. The Hall–Kier alpha value is -3.17. The van der Waals surface area contributed by atoms with Crippen LogP contribution in [0.25, 0.3) is 0 Å². The number of nitrogens with one attached hydrogen (secondary N) is 1. The Balaban J connectivity index is 1.48. The molecule has 0 aliphatic carbocycles. The van der Waals surface area contributed by atoms with Gasteiger partial charge in [0.1, 0.15) is 29.8 Å². The molecule has 1 N–H and O–H groups in total. The summed E-state index contributed by atoms with van der Waals surface area (Å²) in [5.41, 5.74) is 2.80. The van der Waals surface area contributed by atoms with Crippen molar-refractivity contribution in [2.75, 3.05) is 7.05 Å². The number of ether oxygens (including phenoxy) is 1. The van der Waals surface area contributed by atoms with E-state index in [1.54, 1.807) is 31.3 Å². The molecule has 4 rings (SSSR count). The van der Waals surface area contributed by atoms with Crippen LogP contribution in [0, 0.1) is 11.6 Å². The van der Waals surface area contributed by atoms with Gasteiger partial charge in [0.15, 0.2) is 0 Å². The maximum absolute atomic E-state index is 14.2. The summed E-state index contributed by atoms with van der Waals surface area (Å²) in [5, 5.41) is -0.395. The summed E-state index contributed by atoms with van der Waals surface area (Å²) in [6.45, 7) is 0.0806. The van der Waals surface area contributed by atoms with Gasteiger partial charge in [-0.3, -0.25) is 5.01 Å². The van der Waals surface area contributed by atoms with Gasteiger partial charge in [0.2, 0.25) is 5.12 Å².